The maximum Gasteiger partial charge on any atom is 0.407 e. The van der Waals surface area contributed by atoms with Crippen molar-refractivity contribution in [1.29, 1.82) is 0 Å². The van der Waals surface area contributed by atoms with Gasteiger partial charge in [-0.1, -0.05) is 61.9 Å². The maximum atomic E-state index is 13.4. The summed E-state index contributed by atoms with van der Waals surface area (Å²) >= 11 is 0. The fourth-order valence-corrected chi connectivity index (χ4v) is 5.39. The Bertz CT molecular complexity index is 1060. The number of aliphatic carboxylic acids is 1. The molecule has 2 amide bonds. The summed E-state index contributed by atoms with van der Waals surface area (Å²) < 4.78 is 10.8. The molecule has 8 heteroatoms. The highest BCUT2D eigenvalue weighted by molar-refractivity contribution is 5.92. The highest BCUT2D eigenvalue weighted by Crippen LogP contribution is 2.44. The summed E-state index contributed by atoms with van der Waals surface area (Å²) in [6, 6.07) is 15.3. The van der Waals surface area contributed by atoms with Gasteiger partial charge in [-0.3, -0.25) is 4.79 Å². The van der Waals surface area contributed by atoms with Crippen LogP contribution >= 0.6 is 0 Å². The SMILES string of the molecule is CCCC(NC(=O)OCC1c2ccccc2-c2ccccc21)C(=O)N1CCCC1(COC)C(=O)O. The summed E-state index contributed by atoms with van der Waals surface area (Å²) in [6.07, 6.45) is 1.20. The maximum absolute atomic E-state index is 13.4. The molecule has 1 saturated heterocycles. The lowest BCUT2D eigenvalue weighted by Gasteiger charge is -2.36. The van der Waals surface area contributed by atoms with Crippen molar-refractivity contribution in [3.63, 3.8) is 0 Å². The number of methoxy groups -OCH3 is 1. The lowest BCUT2D eigenvalue weighted by molar-refractivity contribution is -0.161. The predicted molar refractivity (Wildman–Crippen MR) is 130 cm³/mol. The molecule has 2 N–H and O–H groups in total. The largest absolute Gasteiger partial charge is 0.479 e. The van der Waals surface area contributed by atoms with Gasteiger partial charge in [0.2, 0.25) is 5.91 Å². The molecule has 1 heterocycles. The smallest absolute Gasteiger partial charge is 0.407 e. The molecule has 2 unspecified atom stereocenters. The lowest BCUT2D eigenvalue weighted by atomic mass is 9.96. The summed E-state index contributed by atoms with van der Waals surface area (Å²) in [7, 11) is 1.42. The summed E-state index contributed by atoms with van der Waals surface area (Å²) in [5.41, 5.74) is 3.05. The van der Waals surface area contributed by atoms with E-state index in [9.17, 15) is 19.5 Å². The number of amides is 2. The first-order chi connectivity index (χ1) is 16.9. The Morgan fingerprint density at radius 1 is 1.11 bits per heavy atom. The standard InChI is InChI=1S/C27H32N2O6/c1-3-9-23(24(30)29-15-8-14-27(29,17-34-2)25(31)32)28-26(33)35-16-22-20-12-6-4-10-18(20)19-11-5-7-13-21(19)22/h4-7,10-13,22-23H,3,8-9,14-17H2,1-2H3,(H,28,33)(H,31,32). The molecule has 1 fully saturated rings. The molecule has 2 aromatic rings. The van der Waals surface area contributed by atoms with Crippen molar-refractivity contribution in [3.05, 3.63) is 59.7 Å². The van der Waals surface area contributed by atoms with E-state index in [0.717, 1.165) is 22.3 Å². The minimum absolute atomic E-state index is 0.0894. The molecule has 1 aliphatic heterocycles. The first-order valence-corrected chi connectivity index (χ1v) is 12.1. The fourth-order valence-electron chi connectivity index (χ4n) is 5.39. The van der Waals surface area contributed by atoms with Crippen molar-refractivity contribution in [2.24, 2.45) is 0 Å². The molecular formula is C27H32N2O6. The van der Waals surface area contributed by atoms with Crippen molar-refractivity contribution in [1.82, 2.24) is 10.2 Å². The number of hydrogen-bond donors (Lipinski definition) is 2. The minimum Gasteiger partial charge on any atom is -0.479 e. The van der Waals surface area contributed by atoms with Gasteiger partial charge in [0, 0.05) is 19.6 Å². The molecule has 4 rings (SSSR count). The number of benzene rings is 2. The molecule has 8 nitrogen and oxygen atoms in total. The van der Waals surface area contributed by atoms with Crippen LogP contribution in [0.3, 0.4) is 0 Å². The van der Waals surface area contributed by atoms with E-state index in [1.165, 1.54) is 12.0 Å². The van der Waals surface area contributed by atoms with Crippen LogP contribution in [-0.4, -0.2) is 66.4 Å². The van der Waals surface area contributed by atoms with E-state index in [0.29, 0.717) is 32.2 Å². The number of likely N-dealkylation sites (tertiary alicyclic amines) is 1. The Morgan fingerprint density at radius 2 is 1.74 bits per heavy atom. The van der Waals surface area contributed by atoms with Crippen LogP contribution in [0.15, 0.2) is 48.5 Å². The molecule has 35 heavy (non-hydrogen) atoms. The van der Waals surface area contributed by atoms with E-state index in [4.69, 9.17) is 9.47 Å². The number of rotatable bonds is 9. The van der Waals surface area contributed by atoms with Crippen LogP contribution in [0.4, 0.5) is 4.79 Å². The van der Waals surface area contributed by atoms with Gasteiger partial charge in [0.25, 0.3) is 0 Å². The first-order valence-electron chi connectivity index (χ1n) is 12.1. The van der Waals surface area contributed by atoms with Gasteiger partial charge in [-0.25, -0.2) is 9.59 Å². The van der Waals surface area contributed by atoms with E-state index >= 15 is 0 Å². The quantitative estimate of drug-likeness (QED) is 0.566. The molecule has 2 aromatic carbocycles. The molecule has 2 atom stereocenters. The Morgan fingerprint density at radius 3 is 2.31 bits per heavy atom. The molecule has 2 aliphatic rings. The van der Waals surface area contributed by atoms with Gasteiger partial charge in [0.15, 0.2) is 5.54 Å². The van der Waals surface area contributed by atoms with Gasteiger partial charge in [0.05, 0.1) is 6.61 Å². The first kappa shape index (κ1) is 24.7. The van der Waals surface area contributed by atoms with Crippen LogP contribution in [0.25, 0.3) is 11.1 Å². The van der Waals surface area contributed by atoms with Crippen LogP contribution in [0.5, 0.6) is 0 Å². The third kappa shape index (κ3) is 4.62. The molecule has 0 spiro atoms. The van der Waals surface area contributed by atoms with E-state index in [-0.39, 0.29) is 19.1 Å². The zero-order chi connectivity index (χ0) is 25.0. The Labute approximate surface area is 205 Å². The fraction of sp³-hybridized carbons (Fsp3) is 0.444. The number of nitrogens with one attached hydrogen (secondary N) is 1. The van der Waals surface area contributed by atoms with E-state index < -0.39 is 29.6 Å². The zero-order valence-corrected chi connectivity index (χ0v) is 20.2. The van der Waals surface area contributed by atoms with Gasteiger partial charge >= 0.3 is 12.1 Å². The monoisotopic (exact) mass is 480 g/mol. The number of alkyl carbamates (subject to hydrolysis) is 1. The van der Waals surface area contributed by atoms with E-state index in [1.54, 1.807) is 0 Å². The Balaban J connectivity index is 1.45. The summed E-state index contributed by atoms with van der Waals surface area (Å²) in [5, 5.41) is 12.6. The van der Waals surface area contributed by atoms with Crippen molar-refractivity contribution in [2.75, 3.05) is 26.9 Å². The predicted octanol–water partition coefficient (Wildman–Crippen LogP) is 3.79. The van der Waals surface area contributed by atoms with Gasteiger partial charge in [-0.15, -0.1) is 0 Å². The number of carboxylic acids is 1. The second-order valence-electron chi connectivity index (χ2n) is 9.17. The van der Waals surface area contributed by atoms with Crippen molar-refractivity contribution in [3.8, 4) is 11.1 Å². The number of carbonyl (C=O) groups is 3. The van der Waals surface area contributed by atoms with Crippen LogP contribution in [0.1, 0.15) is 49.7 Å². The Kier molecular flexibility index (Phi) is 7.40. The summed E-state index contributed by atoms with van der Waals surface area (Å²) in [4.78, 5) is 39.6. The van der Waals surface area contributed by atoms with Crippen LogP contribution in [-0.2, 0) is 19.1 Å². The van der Waals surface area contributed by atoms with Crippen LogP contribution < -0.4 is 5.32 Å². The van der Waals surface area contributed by atoms with Gasteiger partial charge in [0.1, 0.15) is 12.6 Å². The van der Waals surface area contributed by atoms with E-state index in [2.05, 4.69) is 17.4 Å². The third-order valence-electron chi connectivity index (χ3n) is 7.05. The summed E-state index contributed by atoms with van der Waals surface area (Å²) in [6.45, 7) is 2.25. The number of fused-ring (bicyclic) bond motifs is 3. The Hall–Kier alpha value is -3.39. The molecule has 1 aliphatic carbocycles. The van der Waals surface area contributed by atoms with Crippen molar-refractivity contribution >= 4 is 18.0 Å². The third-order valence-corrected chi connectivity index (χ3v) is 7.05. The minimum atomic E-state index is -1.42. The molecule has 0 bridgehead atoms. The van der Waals surface area contributed by atoms with Crippen LogP contribution in [0, 0.1) is 0 Å². The van der Waals surface area contributed by atoms with Crippen molar-refractivity contribution < 1.29 is 29.0 Å². The number of nitrogens with zero attached hydrogens (tertiary/aromatic N) is 1. The van der Waals surface area contributed by atoms with Gasteiger partial charge in [-0.2, -0.15) is 0 Å². The molecule has 0 radical (unpaired) electrons. The second kappa shape index (κ2) is 10.5. The topological polar surface area (TPSA) is 105 Å². The summed E-state index contributed by atoms with van der Waals surface area (Å²) in [5.74, 6) is -1.60. The molecule has 186 valence electrons. The number of carboxylic acid groups (broad SMARTS) is 1. The van der Waals surface area contributed by atoms with Gasteiger partial charge in [-0.05, 0) is 41.5 Å². The molecular weight excluding hydrogens is 448 g/mol. The lowest BCUT2D eigenvalue weighted by Crippen LogP contribution is -2.60. The normalized spacial score (nSPS) is 19.7. The van der Waals surface area contributed by atoms with Crippen LogP contribution in [0.2, 0.25) is 0 Å². The number of hydrogen-bond acceptors (Lipinski definition) is 5. The number of carbonyl (C=O) groups excluding carboxylic acids is 2. The number of ether oxygens (including phenoxy) is 2. The molecule has 0 saturated carbocycles. The zero-order valence-electron chi connectivity index (χ0n) is 20.2. The molecule has 0 aromatic heterocycles. The highest BCUT2D eigenvalue weighted by atomic mass is 16.5. The average Bonchev–Trinajstić information content (AvgIpc) is 3.42. The second-order valence-corrected chi connectivity index (χ2v) is 9.17. The van der Waals surface area contributed by atoms with Gasteiger partial charge < -0.3 is 24.8 Å². The van der Waals surface area contributed by atoms with E-state index in [1.807, 2.05) is 43.3 Å². The highest BCUT2D eigenvalue weighted by Gasteiger charge is 2.51. The average molecular weight is 481 g/mol. The van der Waals surface area contributed by atoms with Crippen molar-refractivity contribution in [2.45, 2.75) is 50.1 Å².